The van der Waals surface area contributed by atoms with E-state index in [4.69, 9.17) is 4.98 Å². The second kappa shape index (κ2) is 12.7. The van der Waals surface area contributed by atoms with Gasteiger partial charge in [-0.2, -0.15) is 5.10 Å². The van der Waals surface area contributed by atoms with Crippen molar-refractivity contribution in [2.45, 2.75) is 88.8 Å². The predicted molar refractivity (Wildman–Crippen MR) is 181 cm³/mol. The second-order valence-electron chi connectivity index (χ2n) is 13.9. The first-order valence-corrected chi connectivity index (χ1v) is 17.3. The molecule has 2 heterocycles. The monoisotopic (exact) mass is 672 g/mol. The Morgan fingerprint density at radius 1 is 0.939 bits per heavy atom. The standard InChI is InChI=1S/C37H39F3N6O3/c38-37(39,40)49-33-7-2-1-6-28(33)23-9-16-30-29(19-23)34(45-44-30)43-36-42-31-20-24(10-17-32(31)46(36)26-12-14-27(47)15-13-26)35(48)41-25-11-8-22(18-25)21-4-3-5-21/h1-2,6-7,9-10,16-17,19-22,25-27,47H,3-5,8,11-15,18H2,(H,41,48)(H2,42,43,44,45)/t22?,25?,26-,27+. The quantitative estimate of drug-likeness (QED) is 0.132. The number of carbonyl (C=O) groups is 1. The van der Waals surface area contributed by atoms with Crippen molar-refractivity contribution in [2.24, 2.45) is 11.8 Å². The zero-order chi connectivity index (χ0) is 33.7. The second-order valence-corrected chi connectivity index (χ2v) is 13.9. The molecule has 3 aromatic carbocycles. The van der Waals surface area contributed by atoms with Crippen molar-refractivity contribution >= 4 is 39.6 Å². The molecule has 3 saturated carbocycles. The lowest BCUT2D eigenvalue weighted by atomic mass is 9.75. The molecule has 3 aliphatic rings. The van der Waals surface area contributed by atoms with Crippen LogP contribution < -0.4 is 15.4 Å². The molecule has 0 radical (unpaired) electrons. The number of imidazole rings is 1. The Morgan fingerprint density at radius 2 is 1.76 bits per heavy atom. The van der Waals surface area contributed by atoms with Gasteiger partial charge in [0.05, 0.1) is 22.7 Å². The topological polar surface area (TPSA) is 117 Å². The van der Waals surface area contributed by atoms with Crippen LogP contribution in [0.1, 0.15) is 80.6 Å². The van der Waals surface area contributed by atoms with Crippen LogP contribution in [0, 0.1) is 11.8 Å². The highest BCUT2D eigenvalue weighted by atomic mass is 19.4. The van der Waals surface area contributed by atoms with Crippen molar-refractivity contribution in [3.63, 3.8) is 0 Å². The molecule has 0 saturated heterocycles. The fraction of sp³-hybridized carbons (Fsp3) is 0.432. The minimum atomic E-state index is -4.83. The van der Waals surface area contributed by atoms with Crippen LogP contribution >= 0.6 is 0 Å². The number of alkyl halides is 3. The van der Waals surface area contributed by atoms with E-state index in [1.807, 2.05) is 18.2 Å². The number of para-hydroxylation sites is 1. The predicted octanol–water partition coefficient (Wildman–Crippen LogP) is 8.40. The number of ether oxygens (including phenoxy) is 1. The number of aliphatic hydroxyl groups excluding tert-OH is 1. The van der Waals surface area contributed by atoms with E-state index in [-0.39, 0.29) is 29.8 Å². The highest BCUT2D eigenvalue weighted by Gasteiger charge is 2.35. The molecule has 49 heavy (non-hydrogen) atoms. The number of anilines is 2. The lowest BCUT2D eigenvalue weighted by molar-refractivity contribution is -0.274. The zero-order valence-corrected chi connectivity index (χ0v) is 27.0. The fourth-order valence-electron chi connectivity index (χ4n) is 8.07. The number of nitrogens with zero attached hydrogens (tertiary/aromatic N) is 3. The van der Waals surface area contributed by atoms with E-state index in [2.05, 4.69) is 30.1 Å². The smallest absolute Gasteiger partial charge is 0.405 e. The maximum Gasteiger partial charge on any atom is 0.573 e. The molecule has 12 heteroatoms. The molecule has 2 unspecified atom stereocenters. The Kier molecular flexibility index (Phi) is 8.21. The summed E-state index contributed by atoms with van der Waals surface area (Å²) in [5.41, 5.74) is 3.61. The molecule has 8 rings (SSSR count). The lowest BCUT2D eigenvalue weighted by Gasteiger charge is -2.31. The number of H-pyrrole nitrogens is 1. The molecular weight excluding hydrogens is 633 g/mol. The number of hydrogen-bond acceptors (Lipinski definition) is 6. The van der Waals surface area contributed by atoms with Crippen LogP contribution in [0.4, 0.5) is 24.9 Å². The Balaban J connectivity index is 1.10. The number of fused-ring (bicyclic) bond motifs is 2. The Bertz CT molecular complexity index is 1990. The van der Waals surface area contributed by atoms with Crippen LogP contribution in [-0.2, 0) is 0 Å². The summed E-state index contributed by atoms with van der Waals surface area (Å²) in [6.07, 6.45) is 4.91. The van der Waals surface area contributed by atoms with Gasteiger partial charge >= 0.3 is 6.36 Å². The lowest BCUT2D eigenvalue weighted by Crippen LogP contribution is -2.33. The summed E-state index contributed by atoms with van der Waals surface area (Å²) in [6, 6.07) is 17.2. The van der Waals surface area contributed by atoms with Gasteiger partial charge in [0, 0.05) is 28.6 Å². The number of halogens is 3. The minimum absolute atomic E-state index is 0.0599. The first kappa shape index (κ1) is 31.7. The summed E-state index contributed by atoms with van der Waals surface area (Å²) >= 11 is 0. The summed E-state index contributed by atoms with van der Waals surface area (Å²) in [5.74, 6) is 2.15. The number of rotatable bonds is 8. The van der Waals surface area contributed by atoms with Crippen LogP contribution in [0.15, 0.2) is 60.7 Å². The molecule has 3 aliphatic carbocycles. The van der Waals surface area contributed by atoms with Gasteiger partial charge in [-0.3, -0.25) is 9.89 Å². The largest absolute Gasteiger partial charge is 0.573 e. The number of hydrogen-bond donors (Lipinski definition) is 4. The maximum absolute atomic E-state index is 13.4. The third-order valence-corrected chi connectivity index (χ3v) is 10.8. The van der Waals surface area contributed by atoms with E-state index in [1.54, 1.807) is 30.3 Å². The van der Waals surface area contributed by atoms with Crippen molar-refractivity contribution in [3.8, 4) is 16.9 Å². The Labute approximate surface area is 281 Å². The number of amides is 1. The van der Waals surface area contributed by atoms with Gasteiger partial charge in [0.15, 0.2) is 5.82 Å². The Hall–Kier alpha value is -4.58. The zero-order valence-electron chi connectivity index (χ0n) is 27.0. The van der Waals surface area contributed by atoms with Crippen molar-refractivity contribution < 1.29 is 27.8 Å². The first-order chi connectivity index (χ1) is 23.7. The molecule has 5 aromatic rings. The molecular formula is C37H39F3N6O3. The van der Waals surface area contributed by atoms with Crippen molar-refractivity contribution in [2.75, 3.05) is 5.32 Å². The molecule has 4 N–H and O–H groups in total. The van der Waals surface area contributed by atoms with Gasteiger partial charge < -0.3 is 25.0 Å². The summed E-state index contributed by atoms with van der Waals surface area (Å²) in [7, 11) is 0. The molecule has 0 bridgehead atoms. The fourth-order valence-corrected chi connectivity index (χ4v) is 8.07. The van der Waals surface area contributed by atoms with Gasteiger partial charge in [-0.05, 0) is 98.7 Å². The number of benzene rings is 3. The summed E-state index contributed by atoms with van der Waals surface area (Å²) in [6.45, 7) is 0. The van der Waals surface area contributed by atoms with Crippen molar-refractivity contribution in [3.05, 3.63) is 66.2 Å². The number of aromatic nitrogens is 4. The van der Waals surface area contributed by atoms with E-state index in [0.717, 1.165) is 43.0 Å². The van der Waals surface area contributed by atoms with Crippen LogP contribution in [0.2, 0.25) is 0 Å². The molecule has 2 aromatic heterocycles. The highest BCUT2D eigenvalue weighted by molar-refractivity contribution is 5.99. The van der Waals surface area contributed by atoms with Crippen LogP contribution in [0.3, 0.4) is 0 Å². The summed E-state index contributed by atoms with van der Waals surface area (Å²) < 4.78 is 46.0. The van der Waals surface area contributed by atoms with E-state index in [0.29, 0.717) is 57.7 Å². The first-order valence-electron chi connectivity index (χ1n) is 17.3. The van der Waals surface area contributed by atoms with Gasteiger partial charge in [-0.1, -0.05) is 43.5 Å². The number of carbonyl (C=O) groups excluding carboxylic acids is 1. The molecule has 9 nitrogen and oxygen atoms in total. The van der Waals surface area contributed by atoms with Crippen LogP contribution in [0.25, 0.3) is 33.1 Å². The minimum Gasteiger partial charge on any atom is -0.405 e. The third-order valence-electron chi connectivity index (χ3n) is 10.8. The molecule has 1 amide bonds. The average Bonchev–Trinajstić information content (AvgIpc) is 3.77. The summed E-state index contributed by atoms with van der Waals surface area (Å²) in [4.78, 5) is 18.4. The van der Waals surface area contributed by atoms with E-state index < -0.39 is 6.36 Å². The average molecular weight is 673 g/mol. The van der Waals surface area contributed by atoms with E-state index in [1.165, 1.54) is 37.8 Å². The maximum atomic E-state index is 13.4. The summed E-state index contributed by atoms with van der Waals surface area (Å²) in [5, 5.41) is 25.1. The number of aliphatic hydroxyl groups is 1. The van der Waals surface area contributed by atoms with E-state index in [9.17, 15) is 23.1 Å². The normalized spacial score (nSPS) is 23.1. The number of aromatic amines is 1. The van der Waals surface area contributed by atoms with Gasteiger partial charge in [0.25, 0.3) is 5.91 Å². The molecule has 0 spiro atoms. The van der Waals surface area contributed by atoms with Crippen molar-refractivity contribution in [1.29, 1.82) is 0 Å². The van der Waals surface area contributed by atoms with Crippen LogP contribution in [0.5, 0.6) is 5.75 Å². The molecule has 2 atom stereocenters. The van der Waals surface area contributed by atoms with Crippen molar-refractivity contribution in [1.82, 2.24) is 25.1 Å². The van der Waals surface area contributed by atoms with Gasteiger partial charge in [0.1, 0.15) is 5.75 Å². The molecule has 256 valence electrons. The van der Waals surface area contributed by atoms with Crippen LogP contribution in [-0.4, -0.2) is 49.3 Å². The number of nitrogens with one attached hydrogen (secondary N) is 3. The van der Waals surface area contributed by atoms with E-state index >= 15 is 0 Å². The third kappa shape index (κ3) is 6.46. The Morgan fingerprint density at radius 3 is 2.53 bits per heavy atom. The highest BCUT2D eigenvalue weighted by Crippen LogP contribution is 2.42. The van der Waals surface area contributed by atoms with Gasteiger partial charge in [-0.25, -0.2) is 4.98 Å². The van der Waals surface area contributed by atoms with Gasteiger partial charge in [0.2, 0.25) is 5.95 Å². The molecule has 3 fully saturated rings. The SMILES string of the molecule is O=C(NC1CCC(C2CCC2)C1)c1ccc2c(c1)nc(Nc1n[nH]c3ccc(-c4ccccc4OC(F)(F)F)cc13)n2[C@H]1CC[C@@H](O)CC1. The van der Waals surface area contributed by atoms with Gasteiger partial charge in [-0.15, -0.1) is 13.2 Å². The molecule has 0 aliphatic heterocycles.